The summed E-state index contributed by atoms with van der Waals surface area (Å²) in [6.45, 7) is 4.59. The van der Waals surface area contributed by atoms with Crippen LogP contribution in [0.5, 0.6) is 0 Å². The number of amides is 5. The number of likely N-dealkylation sites (N-methyl/N-ethyl adjacent to an activating group) is 2. The summed E-state index contributed by atoms with van der Waals surface area (Å²) in [5.74, 6) is -2.92. The van der Waals surface area contributed by atoms with Crippen LogP contribution in [0.2, 0.25) is 0 Å². The van der Waals surface area contributed by atoms with Crippen LogP contribution < -0.4 is 33.2 Å². The molecule has 19 heteroatoms. The summed E-state index contributed by atoms with van der Waals surface area (Å²) in [7, 11) is 4.21. The van der Waals surface area contributed by atoms with Crippen molar-refractivity contribution >= 4 is 58.2 Å². The minimum atomic E-state index is -1.11. The van der Waals surface area contributed by atoms with Crippen LogP contribution in [0.3, 0.4) is 0 Å². The summed E-state index contributed by atoms with van der Waals surface area (Å²) < 4.78 is 3.15. The van der Waals surface area contributed by atoms with Crippen LogP contribution in [0.4, 0.5) is 11.4 Å². The molecule has 10 rings (SSSR count). The van der Waals surface area contributed by atoms with Crippen LogP contribution in [0.15, 0.2) is 134 Å². The van der Waals surface area contributed by atoms with Crippen molar-refractivity contribution in [2.24, 2.45) is 17.2 Å². The van der Waals surface area contributed by atoms with Crippen molar-refractivity contribution < 1.29 is 33.9 Å². The van der Waals surface area contributed by atoms with E-state index in [1.807, 2.05) is 42.5 Å². The second kappa shape index (κ2) is 22.4. The Morgan fingerprint density at radius 1 is 0.562 bits per heavy atom. The predicted octanol–water partition coefficient (Wildman–Crippen LogP) is 5.12. The van der Waals surface area contributed by atoms with Crippen molar-refractivity contribution in [2.45, 2.75) is 39.0 Å². The van der Waals surface area contributed by atoms with E-state index in [9.17, 15) is 28.8 Å². The highest BCUT2D eigenvalue weighted by Crippen LogP contribution is 2.24. The van der Waals surface area contributed by atoms with Crippen LogP contribution in [0.25, 0.3) is 11.3 Å². The lowest BCUT2D eigenvalue weighted by atomic mass is 9.99. The molecule has 0 unspecified atom stereocenters. The average molecular weight is 983 g/mol. The van der Waals surface area contributed by atoms with Gasteiger partial charge in [0.2, 0.25) is 11.8 Å². The molecule has 4 aromatic heterocycles. The fraction of sp³-hybridized carbons (Fsp3) is 0.185. The van der Waals surface area contributed by atoms with E-state index in [1.54, 1.807) is 47.1 Å². The highest BCUT2D eigenvalue weighted by Gasteiger charge is 2.18. The molecular weight excluding hydrogens is 929 g/mol. The third kappa shape index (κ3) is 12.7. The third-order valence-corrected chi connectivity index (χ3v) is 12.3. The fourth-order valence-corrected chi connectivity index (χ4v) is 8.38. The number of carboxylic acids is 1. The number of rotatable bonds is 11. The molecule has 73 heavy (non-hydrogen) atoms. The maximum Gasteiger partial charge on any atom is 0.356 e. The molecular formula is C54H54N12O7. The molecule has 4 aromatic carbocycles. The van der Waals surface area contributed by atoms with Gasteiger partial charge in [-0.25, -0.2) is 14.8 Å². The summed E-state index contributed by atoms with van der Waals surface area (Å²) >= 11 is 0. The van der Waals surface area contributed by atoms with E-state index < -0.39 is 17.8 Å². The Hall–Kier alpha value is -9.04. The molecule has 0 spiro atoms. The van der Waals surface area contributed by atoms with Gasteiger partial charge in [-0.1, -0.05) is 36.4 Å². The van der Waals surface area contributed by atoms with E-state index in [0.29, 0.717) is 40.1 Å². The molecule has 5 amide bonds. The molecule has 0 atom stereocenters. The Labute approximate surface area is 419 Å². The number of fused-ring (bicyclic) bond motifs is 4. The number of nitrogens with zero attached hydrogens (tertiary/aromatic N) is 6. The lowest BCUT2D eigenvalue weighted by Gasteiger charge is -2.25. The monoisotopic (exact) mass is 982 g/mol. The number of hydrogen-bond donors (Lipinski definition) is 7. The van der Waals surface area contributed by atoms with Gasteiger partial charge in [0.1, 0.15) is 17.0 Å². The number of anilines is 2. The number of carboxylic acid groups (broad SMARTS) is 1. The van der Waals surface area contributed by atoms with Gasteiger partial charge in [0.05, 0.1) is 0 Å². The topological polar surface area (TPSA) is 278 Å². The predicted molar refractivity (Wildman–Crippen MR) is 275 cm³/mol. The second-order valence-electron chi connectivity index (χ2n) is 17.8. The molecule has 0 saturated carbocycles. The Bertz CT molecular complexity index is 3410. The molecule has 6 heterocycles. The van der Waals surface area contributed by atoms with Crippen molar-refractivity contribution in [3.05, 3.63) is 201 Å². The van der Waals surface area contributed by atoms with Gasteiger partial charge in [0.15, 0.2) is 5.69 Å². The maximum atomic E-state index is 12.9. The Kier molecular flexibility index (Phi) is 15.4. The van der Waals surface area contributed by atoms with Crippen LogP contribution in [0.1, 0.15) is 95.8 Å². The molecule has 0 bridgehead atoms. The number of carbonyl (C=O) groups is 6. The van der Waals surface area contributed by atoms with E-state index in [4.69, 9.17) is 22.3 Å². The number of carbonyl (C=O) groups excluding carboxylic acids is 5. The number of aromatic carboxylic acids is 1. The van der Waals surface area contributed by atoms with Crippen molar-refractivity contribution in [3.8, 4) is 0 Å². The molecule has 0 radical (unpaired) electrons. The normalized spacial score (nSPS) is 13.0. The van der Waals surface area contributed by atoms with Crippen molar-refractivity contribution in [1.82, 2.24) is 33.9 Å². The summed E-state index contributed by atoms with van der Waals surface area (Å²) in [6.07, 6.45) is 8.19. The highest BCUT2D eigenvalue weighted by atomic mass is 16.4. The average Bonchev–Trinajstić information content (AvgIpc) is 4.03. The van der Waals surface area contributed by atoms with Gasteiger partial charge < -0.3 is 56.9 Å². The zero-order valence-corrected chi connectivity index (χ0v) is 40.2. The van der Waals surface area contributed by atoms with Gasteiger partial charge >= 0.3 is 5.97 Å². The molecule has 8 aromatic rings. The number of hydrogen-bond acceptors (Lipinski definition) is 11. The summed E-state index contributed by atoms with van der Waals surface area (Å²) in [5.41, 5.74) is 27.3. The molecule has 10 N–H and O–H groups in total. The lowest BCUT2D eigenvalue weighted by Crippen LogP contribution is -2.26. The first-order valence-electron chi connectivity index (χ1n) is 23.3. The summed E-state index contributed by atoms with van der Waals surface area (Å²) in [6, 6.07) is 32.8. The smallest absolute Gasteiger partial charge is 0.356 e. The number of aromatic nitrogens is 4. The molecule has 0 aliphatic carbocycles. The van der Waals surface area contributed by atoms with Crippen LogP contribution in [-0.4, -0.2) is 96.4 Å². The second-order valence-corrected chi connectivity index (χ2v) is 17.8. The SMILES string of the molecule is CN1CCc2ccc(NC(=O)c3cccc(CN)c3)cc2C1.CN1CCc2ccc(NC(=O)c3cccc(CNC(=O)c4cn5ccc(C(N)=O)cc5n4)c3)cc2C1.NC(=O)c1ccn2cc(C(=O)O)nc2c1. The van der Waals surface area contributed by atoms with Crippen molar-refractivity contribution in [2.75, 3.05) is 37.8 Å². The standard InChI is InChI=1S/C27H26N6O3.C18H21N3O.C9H7N3O3/c1-32-9-7-18-5-6-22(12-21(18)15-32)30-26(35)20-4-2-3-17(11-20)14-29-27(36)23-16-33-10-8-19(25(28)34)13-24(33)31-23;1-21-8-7-14-5-6-17(10-16(14)12-21)20-18(22)15-4-2-3-13(9-15)11-19;10-8(13)5-1-2-12-4-6(9(14)15)11-7(12)3-5/h2-6,8,10-13,16H,7,9,14-15H2,1H3,(H2,28,34)(H,29,36)(H,30,35);2-6,9-10H,7-8,11-12,19H2,1H3,(H,20,22);1-4H,(H2,10,13)(H,14,15). The van der Waals surface area contributed by atoms with E-state index >= 15 is 0 Å². The number of pyridine rings is 2. The first-order chi connectivity index (χ1) is 35.1. The fourth-order valence-electron chi connectivity index (χ4n) is 8.38. The van der Waals surface area contributed by atoms with E-state index in [2.05, 4.69) is 68.0 Å². The van der Waals surface area contributed by atoms with Gasteiger partial charge in [0.25, 0.3) is 17.7 Å². The van der Waals surface area contributed by atoms with Gasteiger partial charge in [-0.3, -0.25) is 24.0 Å². The highest BCUT2D eigenvalue weighted by molar-refractivity contribution is 6.05. The van der Waals surface area contributed by atoms with Crippen LogP contribution in [0, 0.1) is 0 Å². The lowest BCUT2D eigenvalue weighted by molar-refractivity contribution is 0.0690. The quantitative estimate of drug-likeness (QED) is 0.0890. The first-order valence-corrected chi connectivity index (χ1v) is 23.3. The number of benzene rings is 4. The van der Waals surface area contributed by atoms with E-state index in [-0.39, 0.29) is 35.7 Å². The van der Waals surface area contributed by atoms with Crippen molar-refractivity contribution in [3.63, 3.8) is 0 Å². The van der Waals surface area contributed by atoms with Gasteiger partial charge in [-0.2, -0.15) is 0 Å². The van der Waals surface area contributed by atoms with Gasteiger partial charge in [0, 0.05) is 97.7 Å². The number of nitrogens with one attached hydrogen (secondary N) is 3. The summed E-state index contributed by atoms with van der Waals surface area (Å²) in [5, 5.41) is 17.5. The van der Waals surface area contributed by atoms with Gasteiger partial charge in [-0.15, -0.1) is 0 Å². The number of imidazole rings is 2. The van der Waals surface area contributed by atoms with Crippen molar-refractivity contribution in [1.29, 1.82) is 0 Å². The molecule has 372 valence electrons. The Morgan fingerprint density at radius 2 is 1.04 bits per heavy atom. The molecule has 2 aliphatic heterocycles. The first kappa shape index (κ1) is 50.4. The molecule has 19 nitrogen and oxygen atoms in total. The zero-order valence-electron chi connectivity index (χ0n) is 40.2. The Balaban J connectivity index is 0.000000162. The maximum absolute atomic E-state index is 12.9. The Morgan fingerprint density at radius 3 is 1.53 bits per heavy atom. The largest absolute Gasteiger partial charge is 0.476 e. The van der Waals surface area contributed by atoms with E-state index in [1.165, 1.54) is 57.2 Å². The molecule has 2 aliphatic rings. The third-order valence-electron chi connectivity index (χ3n) is 12.3. The zero-order chi connectivity index (χ0) is 51.8. The number of nitrogens with two attached hydrogens (primary N) is 3. The number of primary amides is 2. The molecule has 0 fully saturated rings. The van der Waals surface area contributed by atoms with Gasteiger partial charge in [-0.05, 0) is 133 Å². The minimum absolute atomic E-state index is 0.0726. The van der Waals surface area contributed by atoms with E-state index in [0.717, 1.165) is 61.5 Å². The van der Waals surface area contributed by atoms with Crippen LogP contribution >= 0.6 is 0 Å². The molecule has 0 saturated heterocycles. The minimum Gasteiger partial charge on any atom is -0.476 e. The summed E-state index contributed by atoms with van der Waals surface area (Å²) in [4.78, 5) is 83.4. The van der Waals surface area contributed by atoms with Crippen LogP contribution in [-0.2, 0) is 39.0 Å².